The highest BCUT2D eigenvalue weighted by Gasteiger charge is 2.49. The van der Waals surface area contributed by atoms with Crippen LogP contribution < -0.4 is 14.4 Å². The SMILES string of the molecule is COCCN(C)C1CN(C[C@@]2(OC)/C=C/C[C@H](C)[C@@H](C)S(=O)(=O)NC(=O)c3ccc4c(c3)N(CCCCc3cc(Cl)ccc3CO4)C[C@@H]3CC[C@H]32)C1. The molecule has 1 saturated heterocycles. The number of hydrogen-bond acceptors (Lipinski definition) is 9. The van der Waals surface area contributed by atoms with Crippen molar-refractivity contribution >= 4 is 33.2 Å². The molecule has 1 amide bonds. The zero-order valence-corrected chi connectivity index (χ0v) is 33.1. The molecule has 2 aromatic rings. The molecule has 2 bridgehead atoms. The van der Waals surface area contributed by atoms with Crippen LogP contribution in [0, 0.1) is 17.8 Å². The van der Waals surface area contributed by atoms with Crippen molar-refractivity contribution in [1.82, 2.24) is 14.5 Å². The summed E-state index contributed by atoms with van der Waals surface area (Å²) in [5.74, 6) is 0.437. The number of carbonyl (C=O) groups is 1. The average molecular weight is 757 g/mol. The summed E-state index contributed by atoms with van der Waals surface area (Å²) in [6.07, 6.45) is 9.83. The Labute approximate surface area is 315 Å². The summed E-state index contributed by atoms with van der Waals surface area (Å²) in [5.41, 5.74) is 2.85. The summed E-state index contributed by atoms with van der Waals surface area (Å²) >= 11 is 6.40. The van der Waals surface area contributed by atoms with Crippen LogP contribution in [0.3, 0.4) is 0 Å². The molecule has 3 aliphatic heterocycles. The minimum atomic E-state index is -3.96. The number of amides is 1. The molecule has 286 valence electrons. The molecule has 0 aromatic heterocycles. The largest absolute Gasteiger partial charge is 0.487 e. The van der Waals surface area contributed by atoms with Gasteiger partial charge in [0.25, 0.3) is 5.91 Å². The number of likely N-dealkylation sites (N-methyl/N-ethyl adjacent to an activating group) is 1. The van der Waals surface area contributed by atoms with E-state index >= 15 is 0 Å². The Balaban J connectivity index is 1.35. The van der Waals surface area contributed by atoms with Crippen molar-refractivity contribution in [2.45, 2.75) is 75.9 Å². The highest BCUT2D eigenvalue weighted by atomic mass is 35.5. The van der Waals surface area contributed by atoms with Crippen LogP contribution in [-0.4, -0.2) is 108 Å². The molecule has 0 spiro atoms. The lowest BCUT2D eigenvalue weighted by Gasteiger charge is -2.54. The van der Waals surface area contributed by atoms with Crippen LogP contribution in [0.15, 0.2) is 48.6 Å². The molecule has 52 heavy (non-hydrogen) atoms. The van der Waals surface area contributed by atoms with E-state index in [-0.39, 0.29) is 11.8 Å². The summed E-state index contributed by atoms with van der Waals surface area (Å²) in [7, 11) is 1.78. The zero-order chi connectivity index (χ0) is 37.0. The van der Waals surface area contributed by atoms with E-state index in [4.69, 9.17) is 25.8 Å². The molecule has 12 heteroatoms. The molecule has 2 aromatic carbocycles. The minimum Gasteiger partial charge on any atom is -0.487 e. The molecule has 1 aliphatic carbocycles. The van der Waals surface area contributed by atoms with E-state index < -0.39 is 26.8 Å². The number of sulfonamides is 1. The van der Waals surface area contributed by atoms with Crippen molar-refractivity contribution in [1.29, 1.82) is 0 Å². The van der Waals surface area contributed by atoms with Crippen molar-refractivity contribution in [3.05, 3.63) is 70.3 Å². The lowest BCUT2D eigenvalue weighted by Crippen LogP contribution is -2.64. The first-order valence-electron chi connectivity index (χ1n) is 18.9. The van der Waals surface area contributed by atoms with Gasteiger partial charge in [0.15, 0.2) is 0 Å². The first-order valence-corrected chi connectivity index (χ1v) is 20.8. The van der Waals surface area contributed by atoms with E-state index in [2.05, 4.69) is 38.6 Å². The van der Waals surface area contributed by atoms with Crippen LogP contribution in [0.1, 0.15) is 67.4 Å². The second kappa shape index (κ2) is 16.8. The molecule has 6 rings (SSSR count). The summed E-state index contributed by atoms with van der Waals surface area (Å²) in [5, 5.41) is -0.0672. The van der Waals surface area contributed by atoms with Gasteiger partial charge in [-0.3, -0.25) is 14.6 Å². The van der Waals surface area contributed by atoms with E-state index in [9.17, 15) is 13.2 Å². The van der Waals surface area contributed by atoms with E-state index in [1.165, 1.54) is 5.56 Å². The molecule has 0 radical (unpaired) electrons. The van der Waals surface area contributed by atoms with E-state index in [0.29, 0.717) is 47.9 Å². The second-order valence-corrected chi connectivity index (χ2v) is 18.0. The first kappa shape index (κ1) is 39.0. The van der Waals surface area contributed by atoms with Crippen molar-refractivity contribution < 1.29 is 27.4 Å². The van der Waals surface area contributed by atoms with Crippen molar-refractivity contribution in [2.75, 3.05) is 72.0 Å². The summed E-state index contributed by atoms with van der Waals surface area (Å²) < 4.78 is 48.0. The number of hydrogen-bond donors (Lipinski definition) is 1. The topological polar surface area (TPSA) is 101 Å². The Morgan fingerprint density at radius 3 is 2.60 bits per heavy atom. The molecular weight excluding hydrogens is 700 g/mol. The lowest BCUT2D eigenvalue weighted by atomic mass is 9.63. The number of anilines is 1. The Kier molecular flexibility index (Phi) is 12.6. The second-order valence-electron chi connectivity index (χ2n) is 15.5. The smallest absolute Gasteiger partial charge is 0.264 e. The number of rotatable bonds is 7. The third-order valence-corrected chi connectivity index (χ3v) is 14.4. The predicted molar refractivity (Wildman–Crippen MR) is 207 cm³/mol. The van der Waals surface area contributed by atoms with Gasteiger partial charge in [-0.25, -0.2) is 13.1 Å². The molecule has 2 fully saturated rings. The van der Waals surface area contributed by atoms with E-state index in [1.807, 2.05) is 44.4 Å². The number of halogens is 1. The fourth-order valence-electron chi connectivity index (χ4n) is 8.35. The summed E-state index contributed by atoms with van der Waals surface area (Å²) in [6, 6.07) is 11.7. The predicted octanol–water partition coefficient (Wildman–Crippen LogP) is 5.78. The third kappa shape index (κ3) is 8.66. The van der Waals surface area contributed by atoms with Crippen LogP contribution in [0.5, 0.6) is 5.75 Å². The number of likely N-dealkylation sites (tertiary alicyclic amines) is 1. The first-order chi connectivity index (χ1) is 24.9. The monoisotopic (exact) mass is 756 g/mol. The number of benzene rings is 2. The molecule has 4 aliphatic rings. The maximum absolute atomic E-state index is 13.6. The van der Waals surface area contributed by atoms with Crippen molar-refractivity contribution in [3.63, 3.8) is 0 Å². The number of nitrogens with zero attached hydrogens (tertiary/aromatic N) is 3. The Bertz CT molecular complexity index is 1700. The highest BCUT2D eigenvalue weighted by Crippen LogP contribution is 2.47. The highest BCUT2D eigenvalue weighted by molar-refractivity contribution is 7.90. The molecule has 0 unspecified atom stereocenters. The van der Waals surface area contributed by atoms with Gasteiger partial charge >= 0.3 is 0 Å². The van der Waals surface area contributed by atoms with Crippen LogP contribution in [0.4, 0.5) is 5.69 Å². The fourth-order valence-corrected chi connectivity index (χ4v) is 9.83. The number of ether oxygens (including phenoxy) is 3. The average Bonchev–Trinajstić information content (AvgIpc) is 3.12. The van der Waals surface area contributed by atoms with Gasteiger partial charge in [-0.05, 0) is 112 Å². The number of fused-ring (bicyclic) bond motifs is 3. The molecule has 1 saturated carbocycles. The van der Waals surface area contributed by atoms with E-state index in [1.54, 1.807) is 20.1 Å². The van der Waals surface area contributed by atoms with Crippen LogP contribution in [0.2, 0.25) is 5.02 Å². The third-order valence-electron chi connectivity index (χ3n) is 12.2. The molecule has 1 N–H and O–H groups in total. The Morgan fingerprint density at radius 2 is 1.87 bits per heavy atom. The van der Waals surface area contributed by atoms with Gasteiger partial charge in [0.1, 0.15) is 18.0 Å². The number of aryl methyl sites for hydroxylation is 1. The number of methoxy groups -OCH3 is 2. The minimum absolute atomic E-state index is 0.224. The quantitative estimate of drug-likeness (QED) is 0.353. The standard InChI is InChI=1S/C40H57ClN4O6S/c1-28-9-8-17-40(50-5,27-44-24-35(25-44)43(3)19-20-49-4)36-15-12-32(36)23-45-18-7-6-10-30-21-34(41)14-11-33(30)26-51-38-16-13-31(22-37(38)45)39(46)42-52(47,48)29(28)2/h8,11,13-14,16-17,21-22,28-29,32,35-36H,6-7,9-10,12,15,18-20,23-27H2,1-5H3,(H,42,46)/b17-8+/t28-,29+,32-,36+,40-/m0/s1. The molecular formula is C40H57ClN4O6S. The maximum Gasteiger partial charge on any atom is 0.264 e. The lowest BCUT2D eigenvalue weighted by molar-refractivity contribution is -0.108. The summed E-state index contributed by atoms with van der Waals surface area (Å²) in [4.78, 5) is 20.8. The van der Waals surface area contributed by atoms with Gasteiger partial charge in [0.2, 0.25) is 10.0 Å². The fraction of sp³-hybridized carbons (Fsp3) is 0.625. The van der Waals surface area contributed by atoms with Gasteiger partial charge in [0, 0.05) is 70.1 Å². The van der Waals surface area contributed by atoms with E-state index in [0.717, 1.165) is 82.6 Å². The van der Waals surface area contributed by atoms with Gasteiger partial charge < -0.3 is 19.1 Å². The molecule has 3 heterocycles. The number of nitrogens with one attached hydrogen (secondary N) is 1. The van der Waals surface area contributed by atoms with Crippen LogP contribution in [0.25, 0.3) is 0 Å². The molecule has 5 atom stereocenters. The summed E-state index contributed by atoms with van der Waals surface area (Å²) in [6.45, 7) is 9.84. The number of allylic oxidation sites excluding steroid dienone is 1. The maximum atomic E-state index is 13.6. The van der Waals surface area contributed by atoms with Crippen molar-refractivity contribution in [2.24, 2.45) is 17.8 Å². The molecule has 10 nitrogen and oxygen atoms in total. The Morgan fingerprint density at radius 1 is 1.06 bits per heavy atom. The van der Waals surface area contributed by atoms with Gasteiger partial charge in [-0.1, -0.05) is 36.7 Å². The van der Waals surface area contributed by atoms with Gasteiger partial charge in [0.05, 0.1) is 17.5 Å². The zero-order valence-electron chi connectivity index (χ0n) is 31.5. The van der Waals surface area contributed by atoms with Crippen LogP contribution >= 0.6 is 11.6 Å². The number of carbonyl (C=O) groups excluding carboxylic acids is 1. The normalized spacial score (nSPS) is 29.4. The van der Waals surface area contributed by atoms with Gasteiger partial charge in [-0.15, -0.1) is 0 Å². The van der Waals surface area contributed by atoms with Gasteiger partial charge in [-0.2, -0.15) is 0 Å². The Hall–Kier alpha value is -2.67. The van der Waals surface area contributed by atoms with Crippen molar-refractivity contribution in [3.8, 4) is 5.75 Å². The van der Waals surface area contributed by atoms with Crippen LogP contribution in [-0.2, 0) is 32.5 Å².